The monoisotopic (exact) mass is 200 g/mol. The lowest BCUT2D eigenvalue weighted by Gasteiger charge is -2.12. The summed E-state index contributed by atoms with van der Waals surface area (Å²) in [6.45, 7) is 13.4. The molecule has 0 unspecified atom stereocenters. The van der Waals surface area contributed by atoms with Gasteiger partial charge in [0, 0.05) is 0 Å². The summed E-state index contributed by atoms with van der Waals surface area (Å²) in [6.07, 6.45) is 9.76. The minimum Gasteiger partial charge on any atom is -0.0654 e. The molecule has 0 aliphatic heterocycles. The first-order valence-corrected chi connectivity index (χ1v) is 6.47. The molecule has 0 radical (unpaired) electrons. The minimum atomic E-state index is 0.542. The lowest BCUT2D eigenvalue weighted by molar-refractivity contribution is 0.398. The maximum Gasteiger partial charge on any atom is -0.0385 e. The van der Waals surface area contributed by atoms with E-state index in [0.717, 1.165) is 0 Å². The van der Waals surface area contributed by atoms with Crippen molar-refractivity contribution in [3.8, 4) is 0 Å². The van der Waals surface area contributed by atoms with E-state index in [1.54, 1.807) is 0 Å². The Hall–Kier alpha value is 0. The van der Waals surface area contributed by atoms with Crippen molar-refractivity contribution in [3.05, 3.63) is 0 Å². The van der Waals surface area contributed by atoms with Crippen molar-refractivity contribution in [2.24, 2.45) is 5.41 Å². The van der Waals surface area contributed by atoms with Crippen molar-refractivity contribution in [2.75, 3.05) is 0 Å². The fourth-order valence-electron chi connectivity index (χ4n) is 0.854. The van der Waals surface area contributed by atoms with Crippen LogP contribution in [0.25, 0.3) is 0 Å². The summed E-state index contributed by atoms with van der Waals surface area (Å²) >= 11 is 0. The molecular formula is C14H32. The first kappa shape index (κ1) is 16.4. The van der Waals surface area contributed by atoms with Gasteiger partial charge in [-0.3, -0.25) is 0 Å². The summed E-state index contributed by atoms with van der Waals surface area (Å²) in [5.74, 6) is 0. The average molecular weight is 200 g/mol. The SMILES string of the molecule is CCC(C)(C)C.CCCCCCCC. The smallest absolute Gasteiger partial charge is 0.0385 e. The molecule has 0 N–H and O–H groups in total. The van der Waals surface area contributed by atoms with E-state index >= 15 is 0 Å². The highest BCUT2D eigenvalue weighted by molar-refractivity contribution is 4.55. The molecule has 0 bridgehead atoms. The van der Waals surface area contributed by atoms with E-state index < -0.39 is 0 Å². The molecule has 0 atom stereocenters. The Balaban J connectivity index is 0. The van der Waals surface area contributed by atoms with Crippen LogP contribution in [0.2, 0.25) is 0 Å². The Morgan fingerprint density at radius 1 is 0.643 bits per heavy atom. The van der Waals surface area contributed by atoms with E-state index in [1.807, 2.05) is 0 Å². The summed E-state index contributed by atoms with van der Waals surface area (Å²) in [6, 6.07) is 0. The quantitative estimate of drug-likeness (QED) is 0.491. The molecule has 0 amide bonds. The van der Waals surface area contributed by atoms with Crippen molar-refractivity contribution in [2.45, 2.75) is 86.5 Å². The first-order chi connectivity index (χ1) is 6.47. The van der Waals surface area contributed by atoms with Crippen molar-refractivity contribution in [1.29, 1.82) is 0 Å². The summed E-state index contributed by atoms with van der Waals surface area (Å²) in [5.41, 5.74) is 0.542. The van der Waals surface area contributed by atoms with Gasteiger partial charge in [-0.25, -0.2) is 0 Å². The van der Waals surface area contributed by atoms with Crippen molar-refractivity contribution in [3.63, 3.8) is 0 Å². The fraction of sp³-hybridized carbons (Fsp3) is 1.00. The van der Waals surface area contributed by atoms with Crippen LogP contribution in [0.15, 0.2) is 0 Å². The van der Waals surface area contributed by atoms with Gasteiger partial charge in [-0.2, -0.15) is 0 Å². The number of unbranched alkanes of at least 4 members (excludes halogenated alkanes) is 5. The average Bonchev–Trinajstić information content (AvgIpc) is 2.13. The lowest BCUT2D eigenvalue weighted by Crippen LogP contribution is -2.00. The van der Waals surface area contributed by atoms with Gasteiger partial charge in [0.1, 0.15) is 0 Å². The Morgan fingerprint density at radius 3 is 1.07 bits per heavy atom. The molecule has 0 saturated carbocycles. The van der Waals surface area contributed by atoms with Gasteiger partial charge in [0.2, 0.25) is 0 Å². The van der Waals surface area contributed by atoms with E-state index in [-0.39, 0.29) is 0 Å². The van der Waals surface area contributed by atoms with Gasteiger partial charge in [-0.15, -0.1) is 0 Å². The highest BCUT2D eigenvalue weighted by atomic mass is 14.1. The van der Waals surface area contributed by atoms with E-state index in [2.05, 4.69) is 41.5 Å². The van der Waals surface area contributed by atoms with Crippen molar-refractivity contribution >= 4 is 0 Å². The molecule has 0 aromatic rings. The van der Waals surface area contributed by atoms with Gasteiger partial charge in [0.15, 0.2) is 0 Å². The molecule has 0 spiro atoms. The molecule has 14 heavy (non-hydrogen) atoms. The molecule has 0 rings (SSSR count). The molecule has 0 aliphatic carbocycles. The Morgan fingerprint density at radius 2 is 0.929 bits per heavy atom. The molecule has 0 fully saturated rings. The number of hydrogen-bond acceptors (Lipinski definition) is 0. The van der Waals surface area contributed by atoms with E-state index in [0.29, 0.717) is 5.41 Å². The van der Waals surface area contributed by atoms with E-state index in [9.17, 15) is 0 Å². The number of hydrogen-bond donors (Lipinski definition) is 0. The largest absolute Gasteiger partial charge is 0.0654 e. The molecule has 0 aromatic heterocycles. The Labute approximate surface area is 92.5 Å². The van der Waals surface area contributed by atoms with Crippen LogP contribution in [0, 0.1) is 5.41 Å². The first-order valence-electron chi connectivity index (χ1n) is 6.47. The standard InChI is InChI=1S/C8H18.C6H14/c1-3-5-7-8-6-4-2;1-5-6(2,3)4/h3-8H2,1-2H3;5H2,1-4H3. The Bertz CT molecular complexity index is 80.7. The van der Waals surface area contributed by atoms with Crippen molar-refractivity contribution < 1.29 is 0 Å². The highest BCUT2D eigenvalue weighted by Crippen LogP contribution is 2.16. The summed E-state index contributed by atoms with van der Waals surface area (Å²) in [7, 11) is 0. The zero-order valence-corrected chi connectivity index (χ0v) is 11.4. The molecule has 0 nitrogen and oxygen atoms in total. The maximum atomic E-state index is 2.26. The molecule has 0 aromatic carbocycles. The third-order valence-corrected chi connectivity index (χ3v) is 2.52. The zero-order valence-electron chi connectivity index (χ0n) is 11.4. The second-order valence-corrected chi connectivity index (χ2v) is 5.33. The fourth-order valence-corrected chi connectivity index (χ4v) is 0.854. The summed E-state index contributed by atoms with van der Waals surface area (Å²) in [4.78, 5) is 0. The van der Waals surface area contributed by atoms with E-state index in [4.69, 9.17) is 0 Å². The van der Waals surface area contributed by atoms with Gasteiger partial charge in [-0.1, -0.05) is 86.5 Å². The maximum absolute atomic E-state index is 2.26. The molecule has 0 heterocycles. The number of rotatable bonds is 5. The lowest BCUT2D eigenvalue weighted by atomic mass is 9.94. The van der Waals surface area contributed by atoms with Crippen LogP contribution < -0.4 is 0 Å². The third-order valence-electron chi connectivity index (χ3n) is 2.52. The van der Waals surface area contributed by atoms with E-state index in [1.165, 1.54) is 44.9 Å². The van der Waals surface area contributed by atoms with Crippen LogP contribution >= 0.6 is 0 Å². The molecule has 0 saturated heterocycles. The predicted molar refractivity (Wildman–Crippen MR) is 68.8 cm³/mol. The van der Waals surface area contributed by atoms with Crippen LogP contribution in [-0.2, 0) is 0 Å². The van der Waals surface area contributed by atoms with Gasteiger partial charge in [-0.05, 0) is 5.41 Å². The van der Waals surface area contributed by atoms with Crippen molar-refractivity contribution in [1.82, 2.24) is 0 Å². The normalized spacial score (nSPS) is 10.7. The topological polar surface area (TPSA) is 0 Å². The van der Waals surface area contributed by atoms with Crippen LogP contribution in [0.5, 0.6) is 0 Å². The predicted octanol–water partition coefficient (Wildman–Crippen LogP) is 5.81. The van der Waals surface area contributed by atoms with Crippen LogP contribution in [-0.4, -0.2) is 0 Å². The molecule has 0 aliphatic rings. The summed E-state index contributed by atoms with van der Waals surface area (Å²) < 4.78 is 0. The van der Waals surface area contributed by atoms with Crippen LogP contribution in [0.4, 0.5) is 0 Å². The molecular weight excluding hydrogens is 168 g/mol. The molecule has 0 heteroatoms. The van der Waals surface area contributed by atoms with Crippen LogP contribution in [0.3, 0.4) is 0 Å². The third kappa shape index (κ3) is 22.7. The molecule has 88 valence electrons. The second-order valence-electron chi connectivity index (χ2n) is 5.33. The highest BCUT2D eigenvalue weighted by Gasteiger charge is 2.03. The minimum absolute atomic E-state index is 0.542. The summed E-state index contributed by atoms with van der Waals surface area (Å²) in [5, 5.41) is 0. The zero-order chi connectivity index (χ0) is 11.4. The van der Waals surface area contributed by atoms with Gasteiger partial charge < -0.3 is 0 Å². The van der Waals surface area contributed by atoms with Gasteiger partial charge >= 0.3 is 0 Å². The van der Waals surface area contributed by atoms with Crippen LogP contribution in [0.1, 0.15) is 86.5 Å². The second kappa shape index (κ2) is 11.1. The van der Waals surface area contributed by atoms with Gasteiger partial charge in [0.25, 0.3) is 0 Å². The Kier molecular flexibility index (Phi) is 13.0. The van der Waals surface area contributed by atoms with Gasteiger partial charge in [0.05, 0.1) is 0 Å².